The standard InChI is InChI=1S/C14H11ClO3S/c1-18-12-8-9(7-10(15)14(12)17)4-5-11(16)13-3-2-6-19-13/h2-8,17H,1H3/b5-4+. The van der Waals surface area contributed by atoms with Gasteiger partial charge in [0.05, 0.1) is 17.0 Å². The third-order valence-corrected chi connectivity index (χ3v) is 3.63. The fourth-order valence-electron chi connectivity index (χ4n) is 1.52. The van der Waals surface area contributed by atoms with E-state index in [1.807, 2.05) is 11.4 Å². The van der Waals surface area contributed by atoms with Crippen LogP contribution in [0.1, 0.15) is 15.2 Å². The number of carbonyl (C=O) groups is 1. The molecule has 0 atom stereocenters. The molecule has 2 rings (SSSR count). The molecular weight excluding hydrogens is 284 g/mol. The minimum Gasteiger partial charge on any atom is -0.503 e. The number of methoxy groups -OCH3 is 1. The summed E-state index contributed by atoms with van der Waals surface area (Å²) >= 11 is 7.25. The van der Waals surface area contributed by atoms with Crippen LogP contribution in [0.4, 0.5) is 0 Å². The molecule has 5 heteroatoms. The SMILES string of the molecule is COc1cc(/C=C/C(=O)c2cccs2)cc(Cl)c1O. The van der Waals surface area contributed by atoms with E-state index in [0.29, 0.717) is 10.4 Å². The monoisotopic (exact) mass is 294 g/mol. The van der Waals surface area contributed by atoms with E-state index in [-0.39, 0.29) is 22.3 Å². The highest BCUT2D eigenvalue weighted by Gasteiger charge is 2.08. The zero-order valence-corrected chi connectivity index (χ0v) is 11.7. The zero-order chi connectivity index (χ0) is 13.8. The molecule has 0 radical (unpaired) electrons. The number of thiophene rings is 1. The number of carbonyl (C=O) groups excluding carboxylic acids is 1. The van der Waals surface area contributed by atoms with Gasteiger partial charge in [0.1, 0.15) is 0 Å². The van der Waals surface area contributed by atoms with Crippen LogP contribution in [0, 0.1) is 0 Å². The predicted molar refractivity (Wildman–Crippen MR) is 77.4 cm³/mol. The number of rotatable bonds is 4. The molecule has 0 aliphatic carbocycles. The molecule has 0 bridgehead atoms. The van der Waals surface area contributed by atoms with Gasteiger partial charge in [-0.1, -0.05) is 23.7 Å². The Morgan fingerprint density at radius 1 is 1.47 bits per heavy atom. The molecule has 0 spiro atoms. The molecule has 0 fully saturated rings. The van der Waals surface area contributed by atoms with Gasteiger partial charge in [0.2, 0.25) is 0 Å². The van der Waals surface area contributed by atoms with Gasteiger partial charge in [-0.3, -0.25) is 4.79 Å². The number of allylic oxidation sites excluding steroid dienone is 1. The Bertz CT molecular complexity index is 618. The Balaban J connectivity index is 2.24. The number of hydrogen-bond acceptors (Lipinski definition) is 4. The molecular formula is C14H11ClO3S. The zero-order valence-electron chi connectivity index (χ0n) is 10.1. The molecule has 98 valence electrons. The second-order valence-corrected chi connectivity index (χ2v) is 5.08. The predicted octanol–water partition coefficient (Wildman–Crippen LogP) is 4.01. The van der Waals surface area contributed by atoms with Gasteiger partial charge >= 0.3 is 0 Å². The van der Waals surface area contributed by atoms with Gasteiger partial charge in [0, 0.05) is 0 Å². The number of halogens is 1. The van der Waals surface area contributed by atoms with Crippen molar-refractivity contribution in [3.63, 3.8) is 0 Å². The molecule has 1 aromatic heterocycles. The Labute approximate surface area is 119 Å². The van der Waals surface area contributed by atoms with E-state index >= 15 is 0 Å². The van der Waals surface area contributed by atoms with E-state index in [1.54, 1.807) is 24.3 Å². The molecule has 0 aliphatic heterocycles. The van der Waals surface area contributed by atoms with Gasteiger partial charge in [-0.2, -0.15) is 0 Å². The third kappa shape index (κ3) is 3.16. The number of phenolic OH excluding ortho intramolecular Hbond substituents is 1. The summed E-state index contributed by atoms with van der Waals surface area (Å²) < 4.78 is 4.99. The van der Waals surface area contributed by atoms with Crippen molar-refractivity contribution in [2.75, 3.05) is 7.11 Å². The normalized spacial score (nSPS) is 10.8. The first-order valence-corrected chi connectivity index (χ1v) is 6.70. The number of ether oxygens (including phenoxy) is 1. The van der Waals surface area contributed by atoms with Crippen LogP contribution in [0.5, 0.6) is 11.5 Å². The number of benzene rings is 1. The van der Waals surface area contributed by atoms with E-state index in [0.717, 1.165) is 0 Å². The van der Waals surface area contributed by atoms with Crippen LogP contribution >= 0.6 is 22.9 Å². The van der Waals surface area contributed by atoms with Crippen molar-refractivity contribution in [2.24, 2.45) is 0 Å². The maximum atomic E-state index is 11.8. The van der Waals surface area contributed by atoms with E-state index < -0.39 is 0 Å². The summed E-state index contributed by atoms with van der Waals surface area (Å²) in [5.41, 5.74) is 0.685. The van der Waals surface area contributed by atoms with Gasteiger partial charge in [0.15, 0.2) is 17.3 Å². The number of hydrogen-bond donors (Lipinski definition) is 1. The summed E-state index contributed by atoms with van der Waals surface area (Å²) in [4.78, 5) is 12.5. The van der Waals surface area contributed by atoms with Crippen LogP contribution in [0.2, 0.25) is 5.02 Å². The van der Waals surface area contributed by atoms with Crippen LogP contribution in [-0.2, 0) is 0 Å². The Morgan fingerprint density at radius 3 is 2.89 bits per heavy atom. The van der Waals surface area contributed by atoms with Crippen molar-refractivity contribution in [2.45, 2.75) is 0 Å². The lowest BCUT2D eigenvalue weighted by Gasteiger charge is -2.06. The van der Waals surface area contributed by atoms with Crippen LogP contribution in [0.15, 0.2) is 35.7 Å². The average Bonchev–Trinajstić information content (AvgIpc) is 2.93. The van der Waals surface area contributed by atoms with Crippen LogP contribution in [0.25, 0.3) is 6.08 Å². The molecule has 19 heavy (non-hydrogen) atoms. The number of ketones is 1. The van der Waals surface area contributed by atoms with Gasteiger partial charge < -0.3 is 9.84 Å². The third-order valence-electron chi connectivity index (χ3n) is 2.46. The highest BCUT2D eigenvalue weighted by molar-refractivity contribution is 7.12. The number of phenols is 1. The second-order valence-electron chi connectivity index (χ2n) is 3.73. The van der Waals surface area contributed by atoms with Crippen molar-refractivity contribution in [1.82, 2.24) is 0 Å². The molecule has 0 saturated carbocycles. The molecule has 1 N–H and O–H groups in total. The fourth-order valence-corrected chi connectivity index (χ4v) is 2.38. The lowest BCUT2D eigenvalue weighted by molar-refractivity contribution is 0.105. The second kappa shape index (κ2) is 5.91. The Kier molecular flexibility index (Phi) is 4.24. The first-order valence-electron chi connectivity index (χ1n) is 5.44. The summed E-state index contributed by atoms with van der Waals surface area (Å²) in [6, 6.07) is 6.77. The van der Waals surface area contributed by atoms with Crippen molar-refractivity contribution in [3.05, 3.63) is 51.2 Å². The quantitative estimate of drug-likeness (QED) is 0.684. The summed E-state index contributed by atoms with van der Waals surface area (Å²) in [6.07, 6.45) is 3.10. The largest absolute Gasteiger partial charge is 0.503 e. The van der Waals surface area contributed by atoms with E-state index in [1.165, 1.54) is 24.5 Å². The highest BCUT2D eigenvalue weighted by atomic mass is 35.5. The summed E-state index contributed by atoms with van der Waals surface area (Å²) in [7, 11) is 1.44. The minimum atomic E-state index is -0.106. The van der Waals surface area contributed by atoms with Gasteiger partial charge in [-0.05, 0) is 35.2 Å². The molecule has 0 saturated heterocycles. The van der Waals surface area contributed by atoms with Crippen molar-refractivity contribution in [3.8, 4) is 11.5 Å². The molecule has 0 unspecified atom stereocenters. The molecule has 1 heterocycles. The van der Waals surface area contributed by atoms with Gasteiger partial charge in [-0.15, -0.1) is 11.3 Å². The van der Waals surface area contributed by atoms with Crippen molar-refractivity contribution >= 4 is 34.8 Å². The van der Waals surface area contributed by atoms with E-state index in [9.17, 15) is 9.90 Å². The molecule has 0 amide bonds. The topological polar surface area (TPSA) is 46.5 Å². The van der Waals surface area contributed by atoms with Crippen LogP contribution in [0.3, 0.4) is 0 Å². The molecule has 2 aromatic rings. The number of aromatic hydroxyl groups is 1. The molecule has 3 nitrogen and oxygen atoms in total. The first kappa shape index (κ1) is 13.6. The highest BCUT2D eigenvalue weighted by Crippen LogP contribution is 2.35. The Morgan fingerprint density at radius 2 is 2.26 bits per heavy atom. The van der Waals surface area contributed by atoms with Crippen LogP contribution in [-0.4, -0.2) is 18.0 Å². The molecule has 0 aliphatic rings. The lowest BCUT2D eigenvalue weighted by Crippen LogP contribution is -1.89. The van der Waals surface area contributed by atoms with Gasteiger partial charge in [-0.25, -0.2) is 0 Å². The summed E-state index contributed by atoms with van der Waals surface area (Å²) in [6.45, 7) is 0. The van der Waals surface area contributed by atoms with E-state index in [4.69, 9.17) is 16.3 Å². The van der Waals surface area contributed by atoms with Crippen molar-refractivity contribution in [1.29, 1.82) is 0 Å². The Hall–Kier alpha value is -1.78. The van der Waals surface area contributed by atoms with Crippen LogP contribution < -0.4 is 4.74 Å². The smallest absolute Gasteiger partial charge is 0.195 e. The maximum absolute atomic E-state index is 11.8. The van der Waals surface area contributed by atoms with E-state index in [2.05, 4.69) is 0 Å². The van der Waals surface area contributed by atoms with Gasteiger partial charge in [0.25, 0.3) is 0 Å². The fraction of sp³-hybridized carbons (Fsp3) is 0.0714. The maximum Gasteiger partial charge on any atom is 0.195 e. The minimum absolute atomic E-state index is 0.0711. The first-order chi connectivity index (χ1) is 9.11. The summed E-state index contributed by atoms with van der Waals surface area (Å²) in [5.74, 6) is 0.0970. The molecule has 1 aromatic carbocycles. The lowest BCUT2D eigenvalue weighted by atomic mass is 10.1. The van der Waals surface area contributed by atoms with Crippen molar-refractivity contribution < 1.29 is 14.6 Å². The summed E-state index contributed by atoms with van der Waals surface area (Å²) in [5, 5.41) is 11.6. The average molecular weight is 295 g/mol.